The third kappa shape index (κ3) is 8.26. The highest BCUT2D eigenvalue weighted by Crippen LogP contribution is 2.62. The van der Waals surface area contributed by atoms with Crippen molar-refractivity contribution in [2.45, 2.75) is 175 Å². The van der Waals surface area contributed by atoms with E-state index >= 15 is 0 Å². The van der Waals surface area contributed by atoms with Crippen LogP contribution < -0.4 is 10.1 Å². The number of unbranched alkanes of at least 4 members (excludes halogenated alkanes) is 10. The van der Waals surface area contributed by atoms with E-state index < -0.39 is 0 Å². The second kappa shape index (κ2) is 15.9. The number of aromatic nitrogens is 1. The first-order valence-corrected chi connectivity index (χ1v) is 18.5. The van der Waals surface area contributed by atoms with Gasteiger partial charge in [0.05, 0.1) is 5.52 Å². The molecule has 2 aromatic carbocycles. The molecule has 1 unspecified atom stereocenters. The van der Waals surface area contributed by atoms with E-state index in [1.54, 1.807) is 0 Å². The highest BCUT2D eigenvalue weighted by Gasteiger charge is 2.58. The predicted molar refractivity (Wildman–Crippen MR) is 195 cm³/mol. The van der Waals surface area contributed by atoms with Gasteiger partial charge in [0.1, 0.15) is 5.75 Å². The zero-order valence-electron chi connectivity index (χ0n) is 29.3. The van der Waals surface area contributed by atoms with E-state index in [0.29, 0.717) is 23.9 Å². The smallest absolute Gasteiger partial charge is 0.360 e. The Kier molecular flexibility index (Phi) is 12.6. The van der Waals surface area contributed by atoms with Gasteiger partial charge in [-0.05, 0) is 43.2 Å². The quantitative estimate of drug-likeness (QED) is 0.0953. The van der Waals surface area contributed by atoms with Crippen LogP contribution in [0.1, 0.15) is 151 Å². The van der Waals surface area contributed by atoms with Crippen LogP contribution in [0.25, 0.3) is 21.8 Å². The molecular formula is C39H63B2NO. The van der Waals surface area contributed by atoms with Crippen molar-refractivity contribution in [3.8, 4) is 5.75 Å². The van der Waals surface area contributed by atoms with E-state index in [4.69, 9.17) is 4.65 Å². The van der Waals surface area contributed by atoms with Gasteiger partial charge >= 0.3 is 6.92 Å². The lowest BCUT2D eigenvalue weighted by molar-refractivity contribution is 0.410. The van der Waals surface area contributed by atoms with Gasteiger partial charge in [0, 0.05) is 28.4 Å². The fourth-order valence-electron chi connectivity index (χ4n) is 7.91. The minimum absolute atomic E-state index is 0.252. The Morgan fingerprint density at radius 3 is 1.79 bits per heavy atom. The average molecular weight is 584 g/mol. The molecule has 1 fully saturated rings. The molecule has 0 spiro atoms. The molecule has 2 heterocycles. The zero-order valence-corrected chi connectivity index (χ0v) is 29.3. The lowest BCUT2D eigenvalue weighted by Gasteiger charge is -2.23. The monoisotopic (exact) mass is 584 g/mol. The van der Waals surface area contributed by atoms with Gasteiger partial charge in [-0.15, -0.1) is 0 Å². The van der Waals surface area contributed by atoms with Crippen molar-refractivity contribution in [2.75, 3.05) is 0 Å². The van der Waals surface area contributed by atoms with E-state index in [2.05, 4.69) is 96.4 Å². The SMILES string of the molecule is CCCCCCCCC(CCCCCCCC)n1c2cc(OB(CC)C(C)C)ccc2c2ccc(B3C(C)C3(C)C)cc21. The maximum absolute atomic E-state index is 6.64. The zero-order chi connectivity index (χ0) is 31.0. The lowest BCUT2D eigenvalue weighted by atomic mass is 9.55. The molecule has 236 valence electrons. The van der Waals surface area contributed by atoms with Crippen LogP contribution in [0.5, 0.6) is 5.75 Å². The molecule has 0 amide bonds. The Balaban J connectivity index is 1.73. The van der Waals surface area contributed by atoms with E-state index in [9.17, 15) is 0 Å². The molecule has 1 aliphatic heterocycles. The van der Waals surface area contributed by atoms with Crippen LogP contribution in [0.3, 0.4) is 0 Å². The van der Waals surface area contributed by atoms with Gasteiger partial charge in [-0.1, -0.05) is 161 Å². The molecule has 0 aliphatic carbocycles. The molecule has 1 saturated heterocycles. The van der Waals surface area contributed by atoms with Crippen LogP contribution in [0.15, 0.2) is 36.4 Å². The summed E-state index contributed by atoms with van der Waals surface area (Å²) in [5.41, 5.74) is 4.38. The van der Waals surface area contributed by atoms with Gasteiger partial charge in [-0.25, -0.2) is 0 Å². The first-order chi connectivity index (χ1) is 20.7. The third-order valence-electron chi connectivity index (χ3n) is 11.1. The molecule has 1 aromatic heterocycles. The molecule has 0 bridgehead atoms. The Bertz CT molecular complexity index is 1260. The summed E-state index contributed by atoms with van der Waals surface area (Å²) in [6, 6.07) is 15.0. The number of benzene rings is 2. The minimum atomic E-state index is 0.252. The van der Waals surface area contributed by atoms with Gasteiger partial charge in [0.15, 0.2) is 6.71 Å². The number of rotatable bonds is 20. The van der Waals surface area contributed by atoms with Crippen molar-refractivity contribution in [2.24, 2.45) is 0 Å². The molecule has 0 N–H and O–H groups in total. The number of nitrogens with zero attached hydrogens (tertiary/aromatic N) is 1. The third-order valence-corrected chi connectivity index (χ3v) is 11.1. The van der Waals surface area contributed by atoms with Crippen LogP contribution >= 0.6 is 0 Å². The summed E-state index contributed by atoms with van der Waals surface area (Å²) in [4.78, 5) is 0. The Hall–Kier alpha value is -1.83. The van der Waals surface area contributed by atoms with Crippen molar-refractivity contribution in [1.82, 2.24) is 4.57 Å². The van der Waals surface area contributed by atoms with Gasteiger partial charge in [0.25, 0.3) is 0 Å². The van der Waals surface area contributed by atoms with Crippen molar-refractivity contribution in [3.63, 3.8) is 0 Å². The Morgan fingerprint density at radius 2 is 1.28 bits per heavy atom. The highest BCUT2D eigenvalue weighted by molar-refractivity contribution is 6.88. The molecule has 4 heteroatoms. The summed E-state index contributed by atoms with van der Waals surface area (Å²) in [5.74, 6) is 2.28. The summed E-state index contributed by atoms with van der Waals surface area (Å²) in [7, 11) is 0. The van der Waals surface area contributed by atoms with Gasteiger partial charge in [-0.2, -0.15) is 0 Å². The maximum atomic E-state index is 6.64. The number of hydrogen-bond donors (Lipinski definition) is 0. The van der Waals surface area contributed by atoms with E-state index in [1.165, 1.54) is 117 Å². The van der Waals surface area contributed by atoms with Crippen molar-refractivity contribution < 1.29 is 4.65 Å². The van der Waals surface area contributed by atoms with Crippen molar-refractivity contribution >= 4 is 40.9 Å². The van der Waals surface area contributed by atoms with Crippen LogP contribution in [0, 0.1) is 0 Å². The molecule has 1 atom stereocenters. The van der Waals surface area contributed by atoms with Gasteiger partial charge < -0.3 is 9.22 Å². The van der Waals surface area contributed by atoms with Crippen LogP contribution in [-0.4, -0.2) is 18.2 Å². The van der Waals surface area contributed by atoms with Crippen molar-refractivity contribution in [3.05, 3.63) is 36.4 Å². The predicted octanol–water partition coefficient (Wildman–Crippen LogP) is 12.5. The van der Waals surface area contributed by atoms with E-state index in [0.717, 1.165) is 17.9 Å². The maximum Gasteiger partial charge on any atom is 0.360 e. The van der Waals surface area contributed by atoms with Crippen LogP contribution in [0.4, 0.5) is 0 Å². The second-order valence-electron chi connectivity index (χ2n) is 15.0. The molecule has 0 saturated carbocycles. The van der Waals surface area contributed by atoms with Gasteiger partial charge in [0.2, 0.25) is 0 Å². The standard InChI is InChI=1S/C39H63B2NO/c1-9-12-14-16-18-20-22-33(23-21-19-17-15-13-10-2)42-37-28-32(41-31(6)39(41,7)8)24-26-35(37)36-27-25-34(29-38(36)42)43-40(11-3)30(4)5/h24-31,33H,9-23H2,1-8H3. The largest absolute Gasteiger partial charge is 0.560 e. The Morgan fingerprint density at radius 1 is 0.767 bits per heavy atom. The van der Waals surface area contributed by atoms with Gasteiger partial charge in [-0.3, -0.25) is 0 Å². The molecular weight excluding hydrogens is 520 g/mol. The molecule has 2 nitrogen and oxygen atoms in total. The summed E-state index contributed by atoms with van der Waals surface area (Å²) >= 11 is 0. The van der Waals surface area contributed by atoms with Crippen LogP contribution in [-0.2, 0) is 0 Å². The van der Waals surface area contributed by atoms with E-state index in [1.807, 2.05) is 0 Å². The summed E-state index contributed by atoms with van der Waals surface area (Å²) in [5, 5.41) is 3.21. The topological polar surface area (TPSA) is 14.2 Å². The number of hydrogen-bond acceptors (Lipinski definition) is 1. The highest BCUT2D eigenvalue weighted by atomic mass is 16.4. The Labute approximate surface area is 266 Å². The first-order valence-electron chi connectivity index (χ1n) is 18.5. The minimum Gasteiger partial charge on any atom is -0.560 e. The fourth-order valence-corrected chi connectivity index (χ4v) is 7.91. The van der Waals surface area contributed by atoms with Crippen molar-refractivity contribution in [1.29, 1.82) is 0 Å². The fraction of sp³-hybridized carbons (Fsp3) is 0.692. The summed E-state index contributed by atoms with van der Waals surface area (Å²) in [6.07, 6.45) is 19.9. The lowest BCUT2D eigenvalue weighted by Crippen LogP contribution is -2.24. The second-order valence-corrected chi connectivity index (χ2v) is 15.0. The molecule has 43 heavy (non-hydrogen) atoms. The molecule has 0 radical (unpaired) electrons. The first kappa shape index (κ1) is 34.1. The molecule has 1 aliphatic rings. The average Bonchev–Trinajstić information content (AvgIpc) is 3.33. The number of fused-ring (bicyclic) bond motifs is 3. The van der Waals surface area contributed by atoms with Crippen LogP contribution in [0.2, 0.25) is 23.3 Å². The summed E-state index contributed by atoms with van der Waals surface area (Å²) < 4.78 is 9.42. The van der Waals surface area contributed by atoms with E-state index in [-0.39, 0.29) is 6.92 Å². The molecule has 3 aromatic rings. The summed E-state index contributed by atoms with van der Waals surface area (Å²) in [6.45, 7) is 19.7. The normalized spacial score (nSPS) is 16.2. The molecule has 4 rings (SSSR count).